The summed E-state index contributed by atoms with van der Waals surface area (Å²) >= 11 is 0. The van der Waals surface area contributed by atoms with Crippen LogP contribution < -0.4 is 5.32 Å². The number of aromatic nitrogens is 1. The Morgan fingerprint density at radius 1 is 1.38 bits per heavy atom. The lowest BCUT2D eigenvalue weighted by molar-refractivity contribution is -0.383. The number of pyridine rings is 1. The smallest absolute Gasteiger partial charge is 0.277 e. The molecule has 1 unspecified atom stereocenters. The van der Waals surface area contributed by atoms with E-state index in [0.717, 1.165) is 43.7 Å². The fraction of sp³-hybridized carbons (Fsp3) is 0.400. The van der Waals surface area contributed by atoms with Gasteiger partial charge in [0.2, 0.25) is 0 Å². The van der Waals surface area contributed by atoms with E-state index in [4.69, 9.17) is 4.74 Å². The van der Waals surface area contributed by atoms with Crippen LogP contribution in [0.2, 0.25) is 0 Å². The van der Waals surface area contributed by atoms with E-state index in [-0.39, 0.29) is 10.6 Å². The Kier molecular flexibility index (Phi) is 3.96. The summed E-state index contributed by atoms with van der Waals surface area (Å²) < 4.78 is 5.47. The van der Waals surface area contributed by atoms with E-state index in [9.17, 15) is 10.1 Å². The van der Waals surface area contributed by atoms with Gasteiger partial charge in [-0.3, -0.25) is 15.1 Å². The molecule has 2 heterocycles. The molecule has 1 aromatic carbocycles. The number of nitro groups is 1. The predicted octanol–water partition coefficient (Wildman–Crippen LogP) is 2.98. The average Bonchev–Trinajstić information content (AvgIpc) is 2.53. The minimum absolute atomic E-state index is 0.110. The van der Waals surface area contributed by atoms with E-state index < -0.39 is 0 Å². The number of nitro benzene ring substituents is 1. The Morgan fingerprint density at radius 3 is 3.05 bits per heavy atom. The molecule has 1 aliphatic heterocycles. The third-order valence-corrected chi connectivity index (χ3v) is 3.83. The van der Waals surface area contributed by atoms with Crippen molar-refractivity contribution in [2.45, 2.75) is 12.8 Å². The Hall–Kier alpha value is -2.21. The van der Waals surface area contributed by atoms with Gasteiger partial charge in [-0.15, -0.1) is 0 Å². The van der Waals surface area contributed by atoms with Gasteiger partial charge in [-0.05, 0) is 30.9 Å². The second-order valence-electron chi connectivity index (χ2n) is 5.27. The lowest BCUT2D eigenvalue weighted by atomic mass is 10.0. The summed E-state index contributed by atoms with van der Waals surface area (Å²) in [6, 6.07) is 4.98. The molecule has 0 aliphatic carbocycles. The van der Waals surface area contributed by atoms with E-state index >= 15 is 0 Å². The number of non-ortho nitro benzene ring substituents is 1. The standard InChI is InChI=1S/C15H17N3O3/c19-18(20)15-4-3-14(13-9-16-6-5-12(13)15)17-8-11-2-1-7-21-10-11/h3-6,9,11,17H,1-2,7-8,10H2. The van der Waals surface area contributed by atoms with Crippen molar-refractivity contribution in [1.82, 2.24) is 4.98 Å². The summed E-state index contributed by atoms with van der Waals surface area (Å²) in [7, 11) is 0. The summed E-state index contributed by atoms with van der Waals surface area (Å²) in [5.74, 6) is 0.487. The maximum atomic E-state index is 11.1. The zero-order chi connectivity index (χ0) is 14.7. The van der Waals surface area contributed by atoms with Gasteiger partial charge in [0, 0.05) is 42.7 Å². The highest BCUT2D eigenvalue weighted by Crippen LogP contribution is 2.31. The Labute approximate surface area is 122 Å². The first kappa shape index (κ1) is 13.8. The number of nitrogens with one attached hydrogen (secondary N) is 1. The number of nitrogens with zero attached hydrogens (tertiary/aromatic N) is 2. The number of ether oxygens (including phenoxy) is 1. The first-order valence-electron chi connectivity index (χ1n) is 7.08. The molecule has 6 nitrogen and oxygen atoms in total. The zero-order valence-electron chi connectivity index (χ0n) is 11.6. The van der Waals surface area contributed by atoms with Gasteiger partial charge in [0.25, 0.3) is 5.69 Å². The molecular weight excluding hydrogens is 270 g/mol. The van der Waals surface area contributed by atoms with E-state index in [1.54, 1.807) is 30.6 Å². The van der Waals surface area contributed by atoms with Crippen LogP contribution in [0.15, 0.2) is 30.6 Å². The maximum absolute atomic E-state index is 11.1. The molecular formula is C15H17N3O3. The number of rotatable bonds is 4. The number of benzene rings is 1. The molecule has 0 bridgehead atoms. The predicted molar refractivity (Wildman–Crippen MR) is 80.4 cm³/mol. The summed E-state index contributed by atoms with van der Waals surface area (Å²) in [5.41, 5.74) is 0.994. The molecule has 110 valence electrons. The molecule has 1 N–H and O–H groups in total. The molecule has 1 fully saturated rings. The first-order chi connectivity index (χ1) is 10.3. The average molecular weight is 287 g/mol. The second kappa shape index (κ2) is 6.05. The molecule has 0 radical (unpaired) electrons. The largest absolute Gasteiger partial charge is 0.384 e. The van der Waals surface area contributed by atoms with Gasteiger partial charge in [-0.1, -0.05) is 0 Å². The molecule has 3 rings (SSSR count). The van der Waals surface area contributed by atoms with Crippen molar-refractivity contribution in [2.24, 2.45) is 5.92 Å². The molecule has 0 spiro atoms. The van der Waals surface area contributed by atoms with E-state index in [2.05, 4.69) is 10.3 Å². The van der Waals surface area contributed by atoms with Crippen LogP contribution in [-0.2, 0) is 4.74 Å². The van der Waals surface area contributed by atoms with Crippen molar-refractivity contribution in [2.75, 3.05) is 25.1 Å². The molecule has 6 heteroatoms. The van der Waals surface area contributed by atoms with Gasteiger partial charge in [0.05, 0.1) is 16.9 Å². The lowest BCUT2D eigenvalue weighted by Gasteiger charge is -2.23. The molecule has 21 heavy (non-hydrogen) atoms. The minimum atomic E-state index is -0.360. The van der Waals surface area contributed by atoms with Crippen LogP contribution >= 0.6 is 0 Å². The second-order valence-corrected chi connectivity index (χ2v) is 5.27. The lowest BCUT2D eigenvalue weighted by Crippen LogP contribution is -2.24. The SMILES string of the molecule is O=[N+]([O-])c1ccc(NCC2CCCOC2)c2cnccc12. The van der Waals surface area contributed by atoms with Crippen molar-refractivity contribution >= 4 is 22.1 Å². The number of hydrogen-bond donors (Lipinski definition) is 1. The summed E-state index contributed by atoms with van der Waals surface area (Å²) in [5, 5.41) is 15.9. The third kappa shape index (κ3) is 2.95. The van der Waals surface area contributed by atoms with Crippen LogP contribution in [0.4, 0.5) is 11.4 Å². The van der Waals surface area contributed by atoms with Gasteiger partial charge in [-0.25, -0.2) is 0 Å². The monoisotopic (exact) mass is 287 g/mol. The van der Waals surface area contributed by atoms with Gasteiger partial charge in [0.1, 0.15) is 0 Å². The van der Waals surface area contributed by atoms with E-state index in [1.807, 2.05) is 0 Å². The van der Waals surface area contributed by atoms with Crippen molar-refractivity contribution in [3.05, 3.63) is 40.7 Å². The molecule has 0 saturated carbocycles. The van der Waals surface area contributed by atoms with Crippen LogP contribution in [0.5, 0.6) is 0 Å². The summed E-state index contributed by atoms with van der Waals surface area (Å²) in [6.07, 6.45) is 5.49. The number of hydrogen-bond acceptors (Lipinski definition) is 5. The van der Waals surface area contributed by atoms with Crippen LogP contribution in [-0.4, -0.2) is 29.7 Å². The fourth-order valence-electron chi connectivity index (χ4n) is 2.71. The van der Waals surface area contributed by atoms with Crippen molar-refractivity contribution in [3.8, 4) is 0 Å². The first-order valence-corrected chi connectivity index (χ1v) is 7.08. The van der Waals surface area contributed by atoms with Gasteiger partial charge >= 0.3 is 0 Å². The van der Waals surface area contributed by atoms with Crippen LogP contribution in [0.3, 0.4) is 0 Å². The van der Waals surface area contributed by atoms with Crippen molar-refractivity contribution in [3.63, 3.8) is 0 Å². The number of fused-ring (bicyclic) bond motifs is 1. The van der Waals surface area contributed by atoms with E-state index in [0.29, 0.717) is 11.3 Å². The Bertz CT molecular complexity index is 654. The fourth-order valence-corrected chi connectivity index (χ4v) is 2.71. The quantitative estimate of drug-likeness (QED) is 0.691. The molecule has 1 atom stereocenters. The van der Waals surface area contributed by atoms with Gasteiger partial charge < -0.3 is 10.1 Å². The summed E-state index contributed by atoms with van der Waals surface area (Å²) in [6.45, 7) is 2.43. The van der Waals surface area contributed by atoms with Crippen LogP contribution in [0.25, 0.3) is 10.8 Å². The highest BCUT2D eigenvalue weighted by atomic mass is 16.6. The molecule has 2 aromatic rings. The molecule has 1 aliphatic rings. The molecule has 1 aromatic heterocycles. The van der Waals surface area contributed by atoms with E-state index in [1.165, 1.54) is 0 Å². The number of anilines is 1. The third-order valence-electron chi connectivity index (χ3n) is 3.83. The normalized spacial score (nSPS) is 18.6. The topological polar surface area (TPSA) is 77.3 Å². The molecule has 0 amide bonds. The zero-order valence-corrected chi connectivity index (χ0v) is 11.6. The van der Waals surface area contributed by atoms with Crippen molar-refractivity contribution < 1.29 is 9.66 Å². The minimum Gasteiger partial charge on any atom is -0.384 e. The Morgan fingerprint density at radius 2 is 2.29 bits per heavy atom. The molecule has 1 saturated heterocycles. The highest BCUT2D eigenvalue weighted by molar-refractivity contribution is 5.99. The highest BCUT2D eigenvalue weighted by Gasteiger charge is 2.16. The van der Waals surface area contributed by atoms with Crippen LogP contribution in [0, 0.1) is 16.0 Å². The van der Waals surface area contributed by atoms with Crippen molar-refractivity contribution in [1.29, 1.82) is 0 Å². The van der Waals surface area contributed by atoms with Crippen LogP contribution in [0.1, 0.15) is 12.8 Å². The summed E-state index contributed by atoms with van der Waals surface area (Å²) in [4.78, 5) is 14.8. The Balaban J connectivity index is 1.85. The maximum Gasteiger partial charge on any atom is 0.277 e. The van der Waals surface area contributed by atoms with Gasteiger partial charge in [0.15, 0.2) is 0 Å². The van der Waals surface area contributed by atoms with Gasteiger partial charge in [-0.2, -0.15) is 0 Å².